The van der Waals surface area contributed by atoms with E-state index in [0.717, 1.165) is 18.4 Å². The molecule has 0 radical (unpaired) electrons. The first-order chi connectivity index (χ1) is 14.2. The highest BCUT2D eigenvalue weighted by atomic mass is 35.5. The lowest BCUT2D eigenvalue weighted by Crippen LogP contribution is -2.47. The minimum atomic E-state index is -0.691. The molecule has 8 heteroatoms. The SMILES string of the molecule is O=C(C1COc2ccccc2O1)N(Cc1nnc(-c2ccc(Cl)cc2)o1)C1CC1. The lowest BCUT2D eigenvalue weighted by atomic mass is 10.2. The van der Waals surface area contributed by atoms with Gasteiger partial charge in [0.05, 0.1) is 6.54 Å². The predicted molar refractivity (Wildman–Crippen MR) is 105 cm³/mol. The molecule has 7 nitrogen and oxygen atoms in total. The maximum atomic E-state index is 13.1. The molecule has 1 saturated carbocycles. The number of hydrogen-bond acceptors (Lipinski definition) is 6. The van der Waals surface area contributed by atoms with Crippen molar-refractivity contribution in [3.05, 3.63) is 59.4 Å². The number of para-hydroxylation sites is 2. The van der Waals surface area contributed by atoms with E-state index in [9.17, 15) is 4.79 Å². The summed E-state index contributed by atoms with van der Waals surface area (Å²) in [5, 5.41) is 8.84. The van der Waals surface area contributed by atoms with Gasteiger partial charge in [-0.3, -0.25) is 4.79 Å². The van der Waals surface area contributed by atoms with Crippen molar-refractivity contribution in [2.45, 2.75) is 31.5 Å². The van der Waals surface area contributed by atoms with Crippen LogP contribution in [-0.4, -0.2) is 39.8 Å². The largest absolute Gasteiger partial charge is 0.485 e. The first-order valence-electron chi connectivity index (χ1n) is 9.44. The molecule has 0 spiro atoms. The summed E-state index contributed by atoms with van der Waals surface area (Å²) in [6, 6.07) is 14.7. The Hall–Kier alpha value is -3.06. The van der Waals surface area contributed by atoms with Crippen LogP contribution in [0.5, 0.6) is 11.5 Å². The first kappa shape index (κ1) is 18.0. The zero-order chi connectivity index (χ0) is 19.8. The third-order valence-corrected chi connectivity index (χ3v) is 5.17. The number of nitrogens with zero attached hydrogens (tertiary/aromatic N) is 3. The van der Waals surface area contributed by atoms with Crippen LogP contribution < -0.4 is 9.47 Å². The minimum absolute atomic E-state index is 0.131. The van der Waals surface area contributed by atoms with Crippen molar-refractivity contribution in [3.8, 4) is 23.0 Å². The molecule has 1 unspecified atom stereocenters. The van der Waals surface area contributed by atoms with Crippen LogP contribution in [0.2, 0.25) is 5.02 Å². The maximum absolute atomic E-state index is 13.1. The van der Waals surface area contributed by atoms with E-state index >= 15 is 0 Å². The number of carbonyl (C=O) groups excluding carboxylic acids is 1. The predicted octanol–water partition coefficient (Wildman–Crippen LogP) is 3.72. The van der Waals surface area contributed by atoms with Crippen LogP contribution in [-0.2, 0) is 11.3 Å². The Balaban J connectivity index is 1.31. The fourth-order valence-corrected chi connectivity index (χ4v) is 3.40. The van der Waals surface area contributed by atoms with E-state index < -0.39 is 6.10 Å². The normalized spacial score (nSPS) is 17.8. The minimum Gasteiger partial charge on any atom is -0.485 e. The Bertz CT molecular complexity index is 1030. The highest BCUT2D eigenvalue weighted by Gasteiger charge is 2.39. The van der Waals surface area contributed by atoms with E-state index in [1.165, 1.54) is 0 Å². The molecule has 1 aliphatic heterocycles. The standard InChI is InChI=1S/C21H18ClN3O4/c22-14-7-5-13(6-8-14)20-24-23-19(29-20)11-25(15-9-10-15)21(26)18-12-27-16-3-1-2-4-17(16)28-18/h1-8,15,18H,9-12H2. The van der Waals surface area contributed by atoms with Crippen molar-refractivity contribution < 1.29 is 18.7 Å². The van der Waals surface area contributed by atoms with Crippen LogP contribution >= 0.6 is 11.6 Å². The van der Waals surface area contributed by atoms with Crippen molar-refractivity contribution in [1.29, 1.82) is 0 Å². The van der Waals surface area contributed by atoms with Gasteiger partial charge >= 0.3 is 0 Å². The van der Waals surface area contributed by atoms with E-state index in [2.05, 4.69) is 10.2 Å². The third-order valence-electron chi connectivity index (χ3n) is 4.92. The number of amides is 1. The van der Waals surface area contributed by atoms with E-state index in [-0.39, 0.29) is 25.1 Å². The summed E-state index contributed by atoms with van der Waals surface area (Å²) in [5.74, 6) is 1.88. The summed E-state index contributed by atoms with van der Waals surface area (Å²) in [4.78, 5) is 14.9. The molecule has 1 aromatic heterocycles. The lowest BCUT2D eigenvalue weighted by molar-refractivity contribution is -0.142. The van der Waals surface area contributed by atoms with E-state index in [1.54, 1.807) is 23.1 Å². The number of aromatic nitrogens is 2. The monoisotopic (exact) mass is 411 g/mol. The third kappa shape index (κ3) is 3.78. The van der Waals surface area contributed by atoms with Crippen molar-refractivity contribution >= 4 is 17.5 Å². The Morgan fingerprint density at radius 1 is 1.07 bits per heavy atom. The van der Waals surface area contributed by atoms with Gasteiger partial charge in [0.15, 0.2) is 11.5 Å². The summed E-state index contributed by atoms with van der Waals surface area (Å²) in [7, 11) is 0. The van der Waals surface area contributed by atoms with Crippen LogP contribution in [0.3, 0.4) is 0 Å². The molecule has 2 aliphatic rings. The highest BCUT2D eigenvalue weighted by Crippen LogP contribution is 2.34. The van der Waals surface area contributed by atoms with Gasteiger partial charge < -0.3 is 18.8 Å². The van der Waals surface area contributed by atoms with Crippen molar-refractivity contribution in [2.75, 3.05) is 6.61 Å². The molecule has 1 atom stereocenters. The van der Waals surface area contributed by atoms with Gasteiger partial charge in [-0.1, -0.05) is 23.7 Å². The van der Waals surface area contributed by atoms with E-state index in [1.807, 2.05) is 30.3 Å². The summed E-state index contributed by atoms with van der Waals surface area (Å²) in [5.41, 5.74) is 0.776. The summed E-state index contributed by atoms with van der Waals surface area (Å²) in [6.45, 7) is 0.421. The maximum Gasteiger partial charge on any atom is 0.267 e. The van der Waals surface area contributed by atoms with Gasteiger partial charge in [-0.25, -0.2) is 0 Å². The van der Waals surface area contributed by atoms with Crippen LogP contribution in [0.15, 0.2) is 52.9 Å². The van der Waals surface area contributed by atoms with E-state index in [4.69, 9.17) is 25.5 Å². The molecule has 5 rings (SSSR count). The average molecular weight is 412 g/mol. The number of ether oxygens (including phenoxy) is 2. The van der Waals surface area contributed by atoms with Gasteiger partial charge in [0.2, 0.25) is 17.9 Å². The number of fused-ring (bicyclic) bond motifs is 1. The molecule has 0 saturated heterocycles. The molecular formula is C21H18ClN3O4. The molecular weight excluding hydrogens is 394 g/mol. The number of hydrogen-bond donors (Lipinski definition) is 0. The molecule has 0 N–H and O–H groups in total. The Labute approximate surface area is 172 Å². The van der Waals surface area contributed by atoms with Gasteiger partial charge in [0.1, 0.15) is 6.61 Å². The second kappa shape index (κ2) is 7.40. The smallest absolute Gasteiger partial charge is 0.267 e. The number of benzene rings is 2. The van der Waals surface area contributed by atoms with Crippen molar-refractivity contribution in [2.24, 2.45) is 0 Å². The van der Waals surface area contributed by atoms with Crippen LogP contribution in [0.25, 0.3) is 11.5 Å². The molecule has 2 aromatic carbocycles. The molecule has 2 heterocycles. The summed E-state index contributed by atoms with van der Waals surface area (Å²) < 4.78 is 17.4. The second-order valence-corrected chi connectivity index (χ2v) is 7.51. The Morgan fingerprint density at radius 2 is 1.83 bits per heavy atom. The van der Waals surface area contributed by atoms with Gasteiger partial charge in [0.25, 0.3) is 5.91 Å². The average Bonchev–Trinajstić information content (AvgIpc) is 3.49. The van der Waals surface area contributed by atoms with Crippen molar-refractivity contribution in [1.82, 2.24) is 15.1 Å². The van der Waals surface area contributed by atoms with Gasteiger partial charge in [-0.2, -0.15) is 0 Å². The fraction of sp³-hybridized carbons (Fsp3) is 0.286. The Kier molecular flexibility index (Phi) is 4.60. The van der Waals surface area contributed by atoms with Gasteiger partial charge in [0, 0.05) is 16.6 Å². The topological polar surface area (TPSA) is 77.7 Å². The molecule has 0 bridgehead atoms. The van der Waals surface area contributed by atoms with Gasteiger partial charge in [-0.05, 0) is 49.2 Å². The quantitative estimate of drug-likeness (QED) is 0.636. The van der Waals surface area contributed by atoms with Gasteiger partial charge in [-0.15, -0.1) is 10.2 Å². The zero-order valence-electron chi connectivity index (χ0n) is 15.5. The highest BCUT2D eigenvalue weighted by molar-refractivity contribution is 6.30. The molecule has 1 fully saturated rings. The Morgan fingerprint density at radius 3 is 2.59 bits per heavy atom. The summed E-state index contributed by atoms with van der Waals surface area (Å²) >= 11 is 5.92. The number of carbonyl (C=O) groups is 1. The van der Waals surface area contributed by atoms with E-state index in [0.29, 0.717) is 28.3 Å². The fourth-order valence-electron chi connectivity index (χ4n) is 3.27. The molecule has 1 aliphatic carbocycles. The first-order valence-corrected chi connectivity index (χ1v) is 9.82. The molecule has 148 valence electrons. The number of halogens is 1. The molecule has 3 aromatic rings. The second-order valence-electron chi connectivity index (χ2n) is 7.07. The molecule has 29 heavy (non-hydrogen) atoms. The lowest BCUT2D eigenvalue weighted by Gasteiger charge is -2.30. The van der Waals surface area contributed by atoms with Crippen LogP contribution in [0.1, 0.15) is 18.7 Å². The van der Waals surface area contributed by atoms with Crippen LogP contribution in [0.4, 0.5) is 0 Å². The molecule has 1 amide bonds. The zero-order valence-corrected chi connectivity index (χ0v) is 16.2. The van der Waals surface area contributed by atoms with Crippen molar-refractivity contribution in [3.63, 3.8) is 0 Å². The number of rotatable bonds is 5. The van der Waals surface area contributed by atoms with Crippen LogP contribution in [0, 0.1) is 0 Å². The summed E-state index contributed by atoms with van der Waals surface area (Å²) in [6.07, 6.45) is 1.21.